The van der Waals surface area contributed by atoms with E-state index in [1.807, 2.05) is 6.92 Å². The predicted octanol–water partition coefficient (Wildman–Crippen LogP) is 0.102. The number of rotatable bonds is 7. The molecule has 0 radical (unpaired) electrons. The van der Waals surface area contributed by atoms with Crippen LogP contribution in [0, 0.1) is 5.92 Å². The molecule has 0 bridgehead atoms. The number of hydrogen-bond acceptors (Lipinski definition) is 4. The predicted molar refractivity (Wildman–Crippen MR) is 54.8 cm³/mol. The molecule has 0 saturated carbocycles. The topological polar surface area (TPSA) is 67.8 Å². The van der Waals surface area contributed by atoms with E-state index in [-0.39, 0.29) is 6.61 Å². The van der Waals surface area contributed by atoms with Crippen LogP contribution in [0.1, 0.15) is 13.3 Å². The third-order valence-corrected chi connectivity index (χ3v) is 2.41. The molecular formula is C10H19NO4. The molecule has 0 aromatic rings. The Morgan fingerprint density at radius 1 is 1.73 bits per heavy atom. The van der Waals surface area contributed by atoms with E-state index in [0.29, 0.717) is 19.1 Å². The second-order valence-electron chi connectivity index (χ2n) is 3.72. The average Bonchev–Trinajstić information content (AvgIpc) is 2.69. The van der Waals surface area contributed by atoms with E-state index in [1.54, 1.807) is 0 Å². The lowest BCUT2D eigenvalue weighted by molar-refractivity contribution is -0.141. The Labute approximate surface area is 89.8 Å². The molecule has 1 aliphatic heterocycles. The second-order valence-corrected chi connectivity index (χ2v) is 3.72. The van der Waals surface area contributed by atoms with Gasteiger partial charge in [-0.2, -0.15) is 0 Å². The minimum Gasteiger partial charge on any atom is -0.480 e. The first kappa shape index (κ1) is 12.4. The molecule has 0 aromatic carbocycles. The number of aliphatic carboxylic acids is 1. The fourth-order valence-electron chi connectivity index (χ4n) is 1.53. The Morgan fingerprint density at radius 2 is 2.53 bits per heavy atom. The molecule has 2 N–H and O–H groups in total. The Balaban J connectivity index is 2.12. The van der Waals surface area contributed by atoms with E-state index in [0.717, 1.165) is 19.6 Å². The van der Waals surface area contributed by atoms with Gasteiger partial charge in [0.2, 0.25) is 0 Å². The molecule has 15 heavy (non-hydrogen) atoms. The first-order chi connectivity index (χ1) is 7.24. The summed E-state index contributed by atoms with van der Waals surface area (Å²) >= 11 is 0. The highest BCUT2D eigenvalue weighted by Crippen LogP contribution is 2.12. The molecule has 0 amide bonds. The Morgan fingerprint density at radius 3 is 3.07 bits per heavy atom. The van der Waals surface area contributed by atoms with Gasteiger partial charge in [0, 0.05) is 12.5 Å². The third-order valence-electron chi connectivity index (χ3n) is 2.41. The molecule has 2 unspecified atom stereocenters. The van der Waals surface area contributed by atoms with Gasteiger partial charge in [-0.25, -0.2) is 0 Å². The van der Waals surface area contributed by atoms with Crippen molar-refractivity contribution in [3.8, 4) is 0 Å². The minimum absolute atomic E-state index is 0.222. The highest BCUT2D eigenvalue weighted by atomic mass is 16.5. The quantitative estimate of drug-likeness (QED) is 0.633. The van der Waals surface area contributed by atoms with Crippen molar-refractivity contribution in [1.82, 2.24) is 5.32 Å². The van der Waals surface area contributed by atoms with Crippen LogP contribution in [0.2, 0.25) is 0 Å². The van der Waals surface area contributed by atoms with Crippen LogP contribution in [-0.4, -0.2) is 50.1 Å². The summed E-state index contributed by atoms with van der Waals surface area (Å²) in [5, 5.41) is 11.7. The molecule has 2 atom stereocenters. The van der Waals surface area contributed by atoms with Crippen molar-refractivity contribution < 1.29 is 19.4 Å². The SMILES string of the molecule is CCNC(COCC1CCOC1)C(=O)O. The van der Waals surface area contributed by atoms with Gasteiger partial charge in [0.25, 0.3) is 0 Å². The number of carboxylic acids is 1. The molecular weight excluding hydrogens is 198 g/mol. The molecule has 0 spiro atoms. The second kappa shape index (κ2) is 6.76. The van der Waals surface area contributed by atoms with Crippen molar-refractivity contribution in [1.29, 1.82) is 0 Å². The lowest BCUT2D eigenvalue weighted by Crippen LogP contribution is -2.40. The van der Waals surface area contributed by atoms with E-state index in [2.05, 4.69) is 5.32 Å². The zero-order chi connectivity index (χ0) is 11.1. The summed E-state index contributed by atoms with van der Waals surface area (Å²) in [7, 11) is 0. The highest BCUT2D eigenvalue weighted by Gasteiger charge is 2.19. The summed E-state index contributed by atoms with van der Waals surface area (Å²) in [6, 6.07) is -0.600. The number of ether oxygens (including phenoxy) is 2. The molecule has 0 aromatic heterocycles. The van der Waals surface area contributed by atoms with Gasteiger partial charge in [-0.1, -0.05) is 6.92 Å². The van der Waals surface area contributed by atoms with Crippen molar-refractivity contribution in [2.75, 3.05) is 33.0 Å². The van der Waals surface area contributed by atoms with Crippen LogP contribution in [0.4, 0.5) is 0 Å². The van der Waals surface area contributed by atoms with Crippen molar-refractivity contribution in [2.24, 2.45) is 5.92 Å². The number of hydrogen-bond donors (Lipinski definition) is 2. The normalized spacial score (nSPS) is 22.9. The van der Waals surface area contributed by atoms with Crippen LogP contribution in [0.3, 0.4) is 0 Å². The molecule has 1 saturated heterocycles. The Bertz CT molecular complexity index is 192. The maximum atomic E-state index is 10.7. The number of carbonyl (C=O) groups is 1. The van der Waals surface area contributed by atoms with Gasteiger partial charge < -0.3 is 19.9 Å². The molecule has 88 valence electrons. The van der Waals surface area contributed by atoms with Gasteiger partial charge in [0.15, 0.2) is 0 Å². The zero-order valence-corrected chi connectivity index (χ0v) is 9.07. The van der Waals surface area contributed by atoms with Crippen molar-refractivity contribution in [3.63, 3.8) is 0 Å². The fourth-order valence-corrected chi connectivity index (χ4v) is 1.53. The maximum absolute atomic E-state index is 10.7. The lowest BCUT2D eigenvalue weighted by Gasteiger charge is -2.14. The standard InChI is InChI=1S/C10H19NO4/c1-2-11-9(10(12)13)7-15-6-8-3-4-14-5-8/h8-9,11H,2-7H2,1H3,(H,12,13). The van der Waals surface area contributed by atoms with Crippen LogP contribution < -0.4 is 5.32 Å². The van der Waals surface area contributed by atoms with Crippen molar-refractivity contribution in [2.45, 2.75) is 19.4 Å². The minimum atomic E-state index is -0.862. The molecule has 0 aliphatic carbocycles. The van der Waals surface area contributed by atoms with Crippen LogP contribution in [0.5, 0.6) is 0 Å². The molecule has 5 nitrogen and oxygen atoms in total. The molecule has 1 aliphatic rings. The summed E-state index contributed by atoms with van der Waals surface area (Å²) in [6.07, 6.45) is 1.01. The largest absolute Gasteiger partial charge is 0.480 e. The van der Waals surface area contributed by atoms with Gasteiger partial charge in [-0.05, 0) is 13.0 Å². The van der Waals surface area contributed by atoms with Gasteiger partial charge in [-0.15, -0.1) is 0 Å². The van der Waals surface area contributed by atoms with Crippen LogP contribution in [0.15, 0.2) is 0 Å². The molecule has 1 heterocycles. The third kappa shape index (κ3) is 4.59. The fraction of sp³-hybridized carbons (Fsp3) is 0.900. The summed E-state index contributed by atoms with van der Waals surface area (Å²) in [5.74, 6) is -0.430. The summed E-state index contributed by atoms with van der Waals surface area (Å²) < 4.78 is 10.6. The first-order valence-electron chi connectivity index (χ1n) is 5.35. The van der Waals surface area contributed by atoms with Gasteiger partial charge in [0.05, 0.1) is 19.8 Å². The smallest absolute Gasteiger partial charge is 0.323 e. The zero-order valence-electron chi connectivity index (χ0n) is 9.07. The van der Waals surface area contributed by atoms with Gasteiger partial charge in [-0.3, -0.25) is 4.79 Å². The van der Waals surface area contributed by atoms with E-state index in [4.69, 9.17) is 14.6 Å². The van der Waals surface area contributed by atoms with Crippen molar-refractivity contribution >= 4 is 5.97 Å². The molecule has 5 heteroatoms. The maximum Gasteiger partial charge on any atom is 0.323 e. The monoisotopic (exact) mass is 217 g/mol. The van der Waals surface area contributed by atoms with E-state index >= 15 is 0 Å². The Kier molecular flexibility index (Phi) is 5.60. The van der Waals surface area contributed by atoms with Crippen LogP contribution >= 0.6 is 0 Å². The van der Waals surface area contributed by atoms with Crippen LogP contribution in [0.25, 0.3) is 0 Å². The van der Waals surface area contributed by atoms with Gasteiger partial charge in [0.1, 0.15) is 6.04 Å². The van der Waals surface area contributed by atoms with E-state index in [9.17, 15) is 4.79 Å². The summed E-state index contributed by atoms with van der Waals surface area (Å²) in [4.78, 5) is 10.7. The van der Waals surface area contributed by atoms with Crippen LogP contribution in [-0.2, 0) is 14.3 Å². The average molecular weight is 217 g/mol. The number of likely N-dealkylation sites (N-methyl/N-ethyl adjacent to an activating group) is 1. The highest BCUT2D eigenvalue weighted by molar-refractivity contribution is 5.73. The van der Waals surface area contributed by atoms with E-state index in [1.165, 1.54) is 0 Å². The number of nitrogens with one attached hydrogen (secondary N) is 1. The first-order valence-corrected chi connectivity index (χ1v) is 5.35. The lowest BCUT2D eigenvalue weighted by atomic mass is 10.1. The summed E-state index contributed by atoms with van der Waals surface area (Å²) in [6.45, 7) is 4.85. The molecule has 1 rings (SSSR count). The summed E-state index contributed by atoms with van der Waals surface area (Å²) in [5.41, 5.74) is 0. The number of carboxylic acid groups (broad SMARTS) is 1. The molecule has 1 fully saturated rings. The van der Waals surface area contributed by atoms with Crippen molar-refractivity contribution in [3.05, 3.63) is 0 Å². The Hall–Kier alpha value is -0.650. The van der Waals surface area contributed by atoms with Gasteiger partial charge >= 0.3 is 5.97 Å². The van der Waals surface area contributed by atoms with E-state index < -0.39 is 12.0 Å².